The molecule has 4 nitrogen and oxygen atoms in total. The Kier molecular flexibility index (Phi) is 3.98. The first kappa shape index (κ1) is 11.9. The molecule has 0 spiro atoms. The molecule has 17 heavy (non-hydrogen) atoms. The van der Waals surface area contributed by atoms with Crippen molar-refractivity contribution in [3.05, 3.63) is 29.8 Å². The van der Waals surface area contributed by atoms with Crippen LogP contribution in [-0.2, 0) is 4.74 Å². The highest BCUT2D eigenvalue weighted by atomic mass is 16.5. The van der Waals surface area contributed by atoms with Gasteiger partial charge in [-0.2, -0.15) is 0 Å². The van der Waals surface area contributed by atoms with Crippen molar-refractivity contribution >= 4 is 11.7 Å². The molecule has 1 fully saturated rings. The Labute approximate surface area is 101 Å². The summed E-state index contributed by atoms with van der Waals surface area (Å²) in [6.07, 6.45) is 1.78. The first-order valence-corrected chi connectivity index (χ1v) is 5.96. The van der Waals surface area contributed by atoms with Gasteiger partial charge in [-0.25, -0.2) is 4.79 Å². The molecule has 92 valence electrons. The van der Waals surface area contributed by atoms with E-state index in [9.17, 15) is 4.79 Å². The van der Waals surface area contributed by atoms with Crippen LogP contribution < -0.4 is 10.6 Å². The van der Waals surface area contributed by atoms with E-state index in [2.05, 4.69) is 10.6 Å². The fourth-order valence-corrected chi connectivity index (χ4v) is 1.83. The topological polar surface area (TPSA) is 50.4 Å². The zero-order chi connectivity index (χ0) is 12.1. The van der Waals surface area contributed by atoms with Gasteiger partial charge in [-0.05, 0) is 31.9 Å². The van der Waals surface area contributed by atoms with Gasteiger partial charge in [-0.15, -0.1) is 0 Å². The number of anilines is 1. The molecule has 1 aliphatic heterocycles. The molecule has 1 saturated heterocycles. The summed E-state index contributed by atoms with van der Waals surface area (Å²) in [5, 5.41) is 5.78. The number of nitrogens with one attached hydrogen (secondary N) is 2. The molecule has 0 unspecified atom stereocenters. The predicted octanol–water partition coefficient (Wildman–Crippen LogP) is 2.30. The molecule has 0 saturated carbocycles. The smallest absolute Gasteiger partial charge is 0.319 e. The lowest BCUT2D eigenvalue weighted by molar-refractivity contribution is 0.0806. The van der Waals surface area contributed by atoms with Gasteiger partial charge < -0.3 is 15.4 Å². The van der Waals surface area contributed by atoms with Gasteiger partial charge in [0, 0.05) is 24.9 Å². The summed E-state index contributed by atoms with van der Waals surface area (Å²) in [4.78, 5) is 11.7. The van der Waals surface area contributed by atoms with Gasteiger partial charge in [-0.3, -0.25) is 0 Å². The molecule has 0 aliphatic carbocycles. The monoisotopic (exact) mass is 234 g/mol. The average molecular weight is 234 g/mol. The van der Waals surface area contributed by atoms with Crippen molar-refractivity contribution in [1.29, 1.82) is 0 Å². The Morgan fingerprint density at radius 3 is 2.53 bits per heavy atom. The van der Waals surface area contributed by atoms with Crippen molar-refractivity contribution in [2.24, 2.45) is 0 Å². The number of aryl methyl sites for hydroxylation is 1. The third-order valence-corrected chi connectivity index (χ3v) is 2.87. The van der Waals surface area contributed by atoms with Crippen molar-refractivity contribution in [2.75, 3.05) is 18.5 Å². The number of carbonyl (C=O) groups excluding carboxylic acids is 1. The standard InChI is InChI=1S/C13H18N2O2/c1-10-2-4-11(5-3-10)14-13(16)15-12-6-8-17-9-7-12/h2-5,12H,6-9H2,1H3,(H2,14,15,16). The molecule has 0 atom stereocenters. The van der Waals surface area contributed by atoms with E-state index in [1.165, 1.54) is 5.56 Å². The largest absolute Gasteiger partial charge is 0.381 e. The second-order valence-corrected chi connectivity index (χ2v) is 4.35. The van der Waals surface area contributed by atoms with Crippen molar-refractivity contribution in [3.8, 4) is 0 Å². The van der Waals surface area contributed by atoms with E-state index in [-0.39, 0.29) is 12.1 Å². The second-order valence-electron chi connectivity index (χ2n) is 4.35. The Morgan fingerprint density at radius 1 is 1.24 bits per heavy atom. The summed E-state index contributed by atoms with van der Waals surface area (Å²) in [5.74, 6) is 0. The molecule has 2 N–H and O–H groups in total. The Balaban J connectivity index is 1.82. The predicted molar refractivity (Wildman–Crippen MR) is 67.2 cm³/mol. The van der Waals surface area contributed by atoms with Crippen LogP contribution in [0, 0.1) is 6.92 Å². The van der Waals surface area contributed by atoms with E-state index in [0.29, 0.717) is 0 Å². The fourth-order valence-electron chi connectivity index (χ4n) is 1.83. The maximum Gasteiger partial charge on any atom is 0.319 e. The number of rotatable bonds is 2. The van der Waals surface area contributed by atoms with Crippen molar-refractivity contribution < 1.29 is 9.53 Å². The highest BCUT2D eigenvalue weighted by Gasteiger charge is 2.15. The molecule has 4 heteroatoms. The van der Waals surface area contributed by atoms with Crippen LogP contribution in [0.5, 0.6) is 0 Å². The SMILES string of the molecule is Cc1ccc(NC(=O)NC2CCOCC2)cc1. The van der Waals surface area contributed by atoms with Gasteiger partial charge in [0.15, 0.2) is 0 Å². The number of hydrogen-bond donors (Lipinski definition) is 2. The van der Waals surface area contributed by atoms with Gasteiger partial charge in [-0.1, -0.05) is 17.7 Å². The molecule has 0 aromatic heterocycles. The minimum Gasteiger partial charge on any atom is -0.381 e. The summed E-state index contributed by atoms with van der Waals surface area (Å²) in [7, 11) is 0. The van der Waals surface area contributed by atoms with E-state index < -0.39 is 0 Å². The van der Waals surface area contributed by atoms with E-state index in [1.807, 2.05) is 31.2 Å². The van der Waals surface area contributed by atoms with E-state index in [4.69, 9.17) is 4.74 Å². The molecule has 1 aliphatic rings. The Bertz CT molecular complexity index is 370. The molecule has 2 rings (SSSR count). The first-order chi connectivity index (χ1) is 8.24. The second kappa shape index (κ2) is 5.68. The normalized spacial score (nSPS) is 16.5. The lowest BCUT2D eigenvalue weighted by atomic mass is 10.1. The van der Waals surface area contributed by atoms with E-state index in [1.54, 1.807) is 0 Å². The molecule has 1 aromatic carbocycles. The van der Waals surface area contributed by atoms with Crippen LogP contribution in [0.4, 0.5) is 10.5 Å². The maximum absolute atomic E-state index is 11.7. The van der Waals surface area contributed by atoms with Crippen LogP contribution in [0.2, 0.25) is 0 Å². The van der Waals surface area contributed by atoms with Gasteiger partial charge in [0.05, 0.1) is 0 Å². The third kappa shape index (κ3) is 3.75. The lowest BCUT2D eigenvalue weighted by Crippen LogP contribution is -2.41. The van der Waals surface area contributed by atoms with Gasteiger partial charge in [0.2, 0.25) is 0 Å². The number of hydrogen-bond acceptors (Lipinski definition) is 2. The molecule has 1 aromatic rings. The van der Waals surface area contributed by atoms with Crippen LogP contribution in [0.25, 0.3) is 0 Å². The number of urea groups is 1. The number of benzene rings is 1. The van der Waals surface area contributed by atoms with E-state index >= 15 is 0 Å². The summed E-state index contributed by atoms with van der Waals surface area (Å²) < 4.78 is 5.24. The minimum atomic E-state index is -0.138. The van der Waals surface area contributed by atoms with Crippen molar-refractivity contribution in [1.82, 2.24) is 5.32 Å². The van der Waals surface area contributed by atoms with Crippen LogP contribution in [-0.4, -0.2) is 25.3 Å². The summed E-state index contributed by atoms with van der Waals surface area (Å²) in [6, 6.07) is 7.85. The van der Waals surface area contributed by atoms with Crippen molar-refractivity contribution in [3.63, 3.8) is 0 Å². The molecule has 1 heterocycles. The van der Waals surface area contributed by atoms with Gasteiger partial charge >= 0.3 is 6.03 Å². The molecule has 0 bridgehead atoms. The average Bonchev–Trinajstić information content (AvgIpc) is 2.33. The Hall–Kier alpha value is -1.55. The molecular formula is C13H18N2O2. The quantitative estimate of drug-likeness (QED) is 0.825. The van der Waals surface area contributed by atoms with Crippen molar-refractivity contribution in [2.45, 2.75) is 25.8 Å². The van der Waals surface area contributed by atoms with Crippen LogP contribution in [0.1, 0.15) is 18.4 Å². The zero-order valence-corrected chi connectivity index (χ0v) is 10.0. The maximum atomic E-state index is 11.7. The van der Waals surface area contributed by atoms with E-state index in [0.717, 1.165) is 31.7 Å². The van der Waals surface area contributed by atoms with Crippen LogP contribution >= 0.6 is 0 Å². The minimum absolute atomic E-state index is 0.138. The third-order valence-electron chi connectivity index (χ3n) is 2.87. The number of ether oxygens (including phenoxy) is 1. The van der Waals surface area contributed by atoms with Crippen LogP contribution in [0.3, 0.4) is 0 Å². The molecular weight excluding hydrogens is 216 g/mol. The lowest BCUT2D eigenvalue weighted by Gasteiger charge is -2.23. The Morgan fingerprint density at radius 2 is 1.88 bits per heavy atom. The highest BCUT2D eigenvalue weighted by Crippen LogP contribution is 2.10. The first-order valence-electron chi connectivity index (χ1n) is 5.96. The molecule has 0 radical (unpaired) electrons. The summed E-state index contributed by atoms with van der Waals surface area (Å²) >= 11 is 0. The zero-order valence-electron chi connectivity index (χ0n) is 10.0. The summed E-state index contributed by atoms with van der Waals surface area (Å²) in [6.45, 7) is 3.48. The fraction of sp³-hybridized carbons (Fsp3) is 0.462. The van der Waals surface area contributed by atoms with Crippen LogP contribution in [0.15, 0.2) is 24.3 Å². The van der Waals surface area contributed by atoms with Gasteiger partial charge in [0.25, 0.3) is 0 Å². The molecule has 2 amide bonds. The van der Waals surface area contributed by atoms with Gasteiger partial charge in [0.1, 0.15) is 0 Å². The summed E-state index contributed by atoms with van der Waals surface area (Å²) in [5.41, 5.74) is 2.00. The number of amides is 2. The highest BCUT2D eigenvalue weighted by molar-refractivity contribution is 5.89. The number of carbonyl (C=O) groups is 1.